The van der Waals surface area contributed by atoms with E-state index >= 15 is 0 Å². The highest BCUT2D eigenvalue weighted by Crippen LogP contribution is 2.15. The Morgan fingerprint density at radius 1 is 1.13 bits per heavy atom. The summed E-state index contributed by atoms with van der Waals surface area (Å²) >= 11 is 3.41. The minimum Gasteiger partial charge on any atom is -0.349 e. The summed E-state index contributed by atoms with van der Waals surface area (Å²) in [5, 5.41) is 2.81. The van der Waals surface area contributed by atoms with Crippen LogP contribution < -0.4 is 10.0 Å². The molecule has 0 saturated heterocycles. The predicted octanol–water partition coefficient (Wildman–Crippen LogP) is 3.41. The van der Waals surface area contributed by atoms with Gasteiger partial charge >= 0.3 is 0 Å². The van der Waals surface area contributed by atoms with Crippen molar-refractivity contribution in [3.63, 3.8) is 0 Å². The molecule has 0 saturated carbocycles. The van der Waals surface area contributed by atoms with Crippen LogP contribution in [-0.2, 0) is 21.4 Å². The van der Waals surface area contributed by atoms with Crippen molar-refractivity contribution in [1.82, 2.24) is 19.4 Å². The molecule has 3 rings (SSSR count). The fraction of sp³-hybridized carbons (Fsp3) is 0.333. The van der Waals surface area contributed by atoms with Gasteiger partial charge < -0.3 is 9.72 Å². The number of imidazole rings is 1. The number of fused-ring (bicyclic) bond motifs is 1. The van der Waals surface area contributed by atoms with Crippen LogP contribution in [0.5, 0.6) is 0 Å². The molecule has 1 unspecified atom stereocenters. The molecule has 2 aromatic heterocycles. The van der Waals surface area contributed by atoms with Crippen molar-refractivity contribution in [2.75, 3.05) is 0 Å². The lowest BCUT2D eigenvalue weighted by molar-refractivity contribution is -0.123. The van der Waals surface area contributed by atoms with E-state index < -0.39 is 16.1 Å². The fourth-order valence-electron chi connectivity index (χ4n) is 3.06. The molecule has 7 nitrogen and oxygen atoms in total. The number of sulfonamides is 1. The van der Waals surface area contributed by atoms with Crippen molar-refractivity contribution >= 4 is 37.5 Å². The first-order chi connectivity index (χ1) is 14.1. The van der Waals surface area contributed by atoms with Gasteiger partial charge in [-0.1, -0.05) is 31.5 Å². The quantitative estimate of drug-likeness (QED) is 0.503. The highest BCUT2D eigenvalue weighted by molar-refractivity contribution is 9.10. The maximum Gasteiger partial charge on any atom is 0.241 e. The molecule has 0 aliphatic heterocycles. The number of rotatable bonds is 8. The predicted molar refractivity (Wildman–Crippen MR) is 119 cm³/mol. The third-order valence-electron chi connectivity index (χ3n) is 4.56. The van der Waals surface area contributed by atoms with Crippen LogP contribution in [0.1, 0.15) is 31.5 Å². The number of benzene rings is 1. The van der Waals surface area contributed by atoms with Gasteiger partial charge in [0.25, 0.3) is 0 Å². The maximum atomic E-state index is 12.8. The second-order valence-electron chi connectivity index (χ2n) is 7.68. The largest absolute Gasteiger partial charge is 0.349 e. The van der Waals surface area contributed by atoms with Crippen LogP contribution in [0.25, 0.3) is 5.65 Å². The molecule has 0 aliphatic carbocycles. The third kappa shape index (κ3) is 5.68. The molecule has 2 N–H and O–H groups in total. The number of nitrogens with zero attached hydrogens (tertiary/aromatic N) is 2. The Hall–Kier alpha value is -2.23. The Morgan fingerprint density at radius 3 is 2.50 bits per heavy atom. The first kappa shape index (κ1) is 22.5. The molecule has 160 valence electrons. The molecule has 1 atom stereocenters. The van der Waals surface area contributed by atoms with Crippen LogP contribution in [0.4, 0.5) is 0 Å². The van der Waals surface area contributed by atoms with Crippen molar-refractivity contribution in [3.8, 4) is 0 Å². The van der Waals surface area contributed by atoms with Crippen LogP contribution in [0.2, 0.25) is 0 Å². The second kappa shape index (κ2) is 9.28. The monoisotopic (exact) mass is 492 g/mol. The Kier molecular flexibility index (Phi) is 6.95. The van der Waals surface area contributed by atoms with Crippen molar-refractivity contribution in [2.24, 2.45) is 5.92 Å². The number of carbonyl (C=O) groups excluding carboxylic acids is 1. The van der Waals surface area contributed by atoms with E-state index in [4.69, 9.17) is 0 Å². The molecule has 3 aromatic rings. The van der Waals surface area contributed by atoms with Gasteiger partial charge in [0.15, 0.2) is 0 Å². The molecular formula is C21H25BrN4O3S. The summed E-state index contributed by atoms with van der Waals surface area (Å²) in [4.78, 5) is 17.4. The highest BCUT2D eigenvalue weighted by atomic mass is 79.9. The number of aromatic nitrogens is 2. The van der Waals surface area contributed by atoms with E-state index in [0.29, 0.717) is 12.1 Å². The fourth-order valence-corrected chi connectivity index (χ4v) is 4.62. The number of aryl methyl sites for hydroxylation is 1. The molecule has 1 amide bonds. The van der Waals surface area contributed by atoms with Crippen molar-refractivity contribution in [3.05, 3.63) is 64.5 Å². The van der Waals surface area contributed by atoms with E-state index in [0.717, 1.165) is 15.7 Å². The number of pyridine rings is 1. The zero-order valence-electron chi connectivity index (χ0n) is 17.1. The summed E-state index contributed by atoms with van der Waals surface area (Å²) in [6, 6.07) is 9.42. The normalized spacial score (nSPS) is 13.0. The van der Waals surface area contributed by atoms with Crippen LogP contribution in [0, 0.1) is 12.8 Å². The van der Waals surface area contributed by atoms with Gasteiger partial charge in [0.1, 0.15) is 11.7 Å². The average Bonchev–Trinajstić information content (AvgIpc) is 3.07. The summed E-state index contributed by atoms with van der Waals surface area (Å²) in [6.07, 6.45) is 4.09. The van der Waals surface area contributed by atoms with E-state index in [9.17, 15) is 13.2 Å². The summed E-state index contributed by atoms with van der Waals surface area (Å²) in [5.74, 6) is -0.244. The van der Waals surface area contributed by atoms with Gasteiger partial charge in [0.05, 0.1) is 17.1 Å². The summed E-state index contributed by atoms with van der Waals surface area (Å²) in [7, 11) is -3.81. The summed E-state index contributed by atoms with van der Waals surface area (Å²) in [6.45, 7) is 5.98. The van der Waals surface area contributed by atoms with Crippen LogP contribution >= 0.6 is 15.9 Å². The number of carbonyl (C=O) groups is 1. The van der Waals surface area contributed by atoms with Crippen LogP contribution in [0.3, 0.4) is 0 Å². The lowest BCUT2D eigenvalue weighted by Gasteiger charge is -2.20. The molecular weight excluding hydrogens is 468 g/mol. The second-order valence-corrected chi connectivity index (χ2v) is 10.3. The van der Waals surface area contributed by atoms with E-state index in [1.165, 1.54) is 12.1 Å². The van der Waals surface area contributed by atoms with Gasteiger partial charge in [-0.25, -0.2) is 13.4 Å². The number of halogens is 1. The van der Waals surface area contributed by atoms with Crippen molar-refractivity contribution < 1.29 is 13.2 Å². The summed E-state index contributed by atoms with van der Waals surface area (Å²) in [5.41, 5.74) is 2.41. The maximum absolute atomic E-state index is 12.8. The molecule has 0 spiro atoms. The number of hydrogen-bond donors (Lipinski definition) is 2. The van der Waals surface area contributed by atoms with Gasteiger partial charge in [-0.15, -0.1) is 0 Å². The molecule has 0 radical (unpaired) electrons. The minimum atomic E-state index is -3.81. The number of nitrogens with one attached hydrogen (secondary N) is 2. The molecule has 9 heteroatoms. The van der Waals surface area contributed by atoms with E-state index in [1.54, 1.807) is 12.1 Å². The van der Waals surface area contributed by atoms with E-state index in [1.807, 2.05) is 49.7 Å². The van der Waals surface area contributed by atoms with E-state index in [-0.39, 0.29) is 23.3 Å². The lowest BCUT2D eigenvalue weighted by atomic mass is 10.0. The Labute approximate surface area is 185 Å². The van der Waals surface area contributed by atoms with Gasteiger partial charge in [0.2, 0.25) is 15.9 Å². The molecule has 30 heavy (non-hydrogen) atoms. The standard InChI is InChI=1S/C21H25BrN4O3S/c1-14(2)10-19(25-30(28,29)18-7-4-15(3)5-8-18)21(27)23-11-17-13-26-12-16(22)6-9-20(26)24-17/h4-9,12-14,19,25H,10-11H2,1-3H3,(H,23,27). The van der Waals surface area contributed by atoms with Gasteiger partial charge in [-0.2, -0.15) is 4.72 Å². The zero-order chi connectivity index (χ0) is 21.9. The third-order valence-corrected chi connectivity index (χ3v) is 6.52. The first-order valence-corrected chi connectivity index (χ1v) is 11.9. The molecule has 0 bridgehead atoms. The highest BCUT2D eigenvalue weighted by Gasteiger charge is 2.26. The van der Waals surface area contributed by atoms with Gasteiger partial charge in [0, 0.05) is 16.9 Å². The summed E-state index contributed by atoms with van der Waals surface area (Å²) < 4.78 is 30.8. The van der Waals surface area contributed by atoms with E-state index in [2.05, 4.69) is 31.0 Å². The Morgan fingerprint density at radius 2 is 1.83 bits per heavy atom. The first-order valence-electron chi connectivity index (χ1n) is 9.64. The Balaban J connectivity index is 1.72. The molecule has 0 fully saturated rings. The average molecular weight is 493 g/mol. The smallest absolute Gasteiger partial charge is 0.241 e. The van der Waals surface area contributed by atoms with Crippen molar-refractivity contribution in [1.29, 1.82) is 0 Å². The topological polar surface area (TPSA) is 92.6 Å². The van der Waals surface area contributed by atoms with Crippen LogP contribution in [0.15, 0.2) is 58.2 Å². The Bertz CT molecular complexity index is 1140. The zero-order valence-corrected chi connectivity index (χ0v) is 19.5. The van der Waals surface area contributed by atoms with Gasteiger partial charge in [-0.05, 0) is 59.5 Å². The molecule has 1 aromatic carbocycles. The number of amides is 1. The van der Waals surface area contributed by atoms with Crippen molar-refractivity contribution in [2.45, 2.75) is 44.7 Å². The SMILES string of the molecule is Cc1ccc(S(=O)(=O)NC(CC(C)C)C(=O)NCc2cn3cc(Br)ccc3n2)cc1. The lowest BCUT2D eigenvalue weighted by Crippen LogP contribution is -2.47. The van der Waals surface area contributed by atoms with Gasteiger partial charge in [-0.3, -0.25) is 4.79 Å². The molecule has 0 aliphatic rings. The number of hydrogen-bond acceptors (Lipinski definition) is 4. The van der Waals surface area contributed by atoms with Crippen LogP contribution in [-0.4, -0.2) is 29.8 Å². The minimum absolute atomic E-state index is 0.133. The molecule has 2 heterocycles.